The molecule has 1 saturated heterocycles. The van der Waals surface area contributed by atoms with E-state index in [9.17, 15) is 18.0 Å². The summed E-state index contributed by atoms with van der Waals surface area (Å²) in [5.74, 6) is -0.550. The van der Waals surface area contributed by atoms with Gasteiger partial charge >= 0.3 is 0 Å². The molecule has 2 aromatic rings. The van der Waals surface area contributed by atoms with E-state index in [-0.39, 0.29) is 23.9 Å². The SMILES string of the molecule is CC(NC(=O)CN(c1ccc(C(=O)N2CCOCC2)cc1)S(C)(=O)=O)c1ccc(C(C)(C)C)cc1. The number of sulfonamides is 1. The van der Waals surface area contributed by atoms with Gasteiger partial charge < -0.3 is 15.0 Å². The van der Waals surface area contributed by atoms with Gasteiger partial charge in [-0.1, -0.05) is 45.0 Å². The predicted octanol–water partition coefficient (Wildman–Crippen LogP) is 3.10. The zero-order chi connectivity index (χ0) is 25.8. The number of nitrogens with zero attached hydrogens (tertiary/aromatic N) is 2. The van der Waals surface area contributed by atoms with Gasteiger partial charge in [0.05, 0.1) is 31.2 Å². The maximum Gasteiger partial charge on any atom is 0.254 e. The molecule has 1 unspecified atom stereocenters. The fourth-order valence-electron chi connectivity index (χ4n) is 3.89. The Kier molecular flexibility index (Phi) is 8.22. The van der Waals surface area contributed by atoms with Crippen LogP contribution in [0.4, 0.5) is 5.69 Å². The third kappa shape index (κ3) is 7.05. The molecular weight excluding hydrogens is 466 g/mol. The lowest BCUT2D eigenvalue weighted by molar-refractivity contribution is -0.120. The Hall–Kier alpha value is -2.91. The summed E-state index contributed by atoms with van der Waals surface area (Å²) in [5.41, 5.74) is 2.94. The van der Waals surface area contributed by atoms with E-state index in [1.54, 1.807) is 29.2 Å². The van der Waals surface area contributed by atoms with E-state index in [0.717, 1.165) is 16.1 Å². The molecule has 0 saturated carbocycles. The lowest BCUT2D eigenvalue weighted by atomic mass is 9.86. The van der Waals surface area contributed by atoms with Gasteiger partial charge in [0.2, 0.25) is 15.9 Å². The molecule has 3 rings (SSSR count). The van der Waals surface area contributed by atoms with Gasteiger partial charge in [0.15, 0.2) is 0 Å². The number of morpholine rings is 1. The fraction of sp³-hybridized carbons (Fsp3) is 0.462. The van der Waals surface area contributed by atoms with Crippen LogP contribution in [0.1, 0.15) is 55.2 Å². The van der Waals surface area contributed by atoms with Crippen molar-refractivity contribution in [1.29, 1.82) is 0 Å². The van der Waals surface area contributed by atoms with Gasteiger partial charge in [-0.15, -0.1) is 0 Å². The molecule has 1 fully saturated rings. The molecule has 2 aromatic carbocycles. The number of anilines is 1. The summed E-state index contributed by atoms with van der Waals surface area (Å²) in [4.78, 5) is 27.1. The van der Waals surface area contributed by atoms with Gasteiger partial charge in [-0.25, -0.2) is 8.42 Å². The van der Waals surface area contributed by atoms with Crippen molar-refractivity contribution < 1.29 is 22.7 Å². The van der Waals surface area contributed by atoms with Gasteiger partial charge in [0, 0.05) is 18.7 Å². The summed E-state index contributed by atoms with van der Waals surface area (Å²) in [7, 11) is -3.73. The van der Waals surface area contributed by atoms with E-state index in [4.69, 9.17) is 4.74 Å². The number of rotatable bonds is 7. The van der Waals surface area contributed by atoms with Crippen LogP contribution < -0.4 is 9.62 Å². The maximum absolute atomic E-state index is 12.8. The van der Waals surface area contributed by atoms with Crippen molar-refractivity contribution >= 4 is 27.5 Å². The van der Waals surface area contributed by atoms with Crippen LogP contribution in [0.5, 0.6) is 0 Å². The highest BCUT2D eigenvalue weighted by molar-refractivity contribution is 7.92. The zero-order valence-electron chi connectivity index (χ0n) is 21.1. The summed E-state index contributed by atoms with van der Waals surface area (Å²) in [6.07, 6.45) is 1.06. The Labute approximate surface area is 208 Å². The summed E-state index contributed by atoms with van der Waals surface area (Å²) in [6.45, 7) is 9.95. The summed E-state index contributed by atoms with van der Waals surface area (Å²) in [5, 5.41) is 2.88. The monoisotopic (exact) mass is 501 g/mol. The second kappa shape index (κ2) is 10.8. The lowest BCUT2D eigenvalue weighted by Crippen LogP contribution is -2.41. The highest BCUT2D eigenvalue weighted by Gasteiger charge is 2.24. The number of carbonyl (C=O) groups excluding carboxylic acids is 2. The molecule has 8 nitrogen and oxygen atoms in total. The minimum atomic E-state index is -3.73. The summed E-state index contributed by atoms with van der Waals surface area (Å²) < 4.78 is 31.3. The number of amides is 2. The van der Waals surface area contributed by atoms with Gasteiger partial charge in [-0.2, -0.15) is 0 Å². The standard InChI is InChI=1S/C26H35N3O5S/c1-19(20-6-10-22(11-7-20)26(2,3)4)27-24(30)18-29(35(5,32)33)23-12-8-21(9-13-23)25(31)28-14-16-34-17-15-28/h6-13,19H,14-18H2,1-5H3,(H,27,30). The molecule has 0 spiro atoms. The van der Waals surface area contributed by atoms with Gasteiger partial charge in [0.25, 0.3) is 5.91 Å². The summed E-state index contributed by atoms with van der Waals surface area (Å²) >= 11 is 0. The van der Waals surface area contributed by atoms with Crippen LogP contribution in [-0.4, -0.2) is 64.2 Å². The Morgan fingerprint density at radius 3 is 2.11 bits per heavy atom. The first-order valence-corrected chi connectivity index (χ1v) is 13.6. The van der Waals surface area contributed by atoms with Gasteiger partial charge in [-0.05, 0) is 47.7 Å². The minimum absolute atomic E-state index is 0.0311. The number of ether oxygens (including phenoxy) is 1. The van der Waals surface area contributed by atoms with Gasteiger partial charge in [0.1, 0.15) is 6.54 Å². The predicted molar refractivity (Wildman–Crippen MR) is 137 cm³/mol. The molecule has 190 valence electrons. The second-order valence-corrected chi connectivity index (χ2v) is 11.8. The van der Waals surface area contributed by atoms with Crippen LogP contribution >= 0.6 is 0 Å². The minimum Gasteiger partial charge on any atom is -0.378 e. The molecule has 0 aliphatic carbocycles. The van der Waals surface area contributed by atoms with E-state index in [1.807, 2.05) is 31.2 Å². The number of carbonyl (C=O) groups is 2. The second-order valence-electron chi connectivity index (χ2n) is 9.88. The van der Waals surface area contributed by atoms with E-state index in [2.05, 4.69) is 26.1 Å². The third-order valence-electron chi connectivity index (χ3n) is 6.04. The van der Waals surface area contributed by atoms with Crippen LogP contribution in [0, 0.1) is 0 Å². The quantitative estimate of drug-likeness (QED) is 0.629. The summed E-state index contributed by atoms with van der Waals surface area (Å²) in [6, 6.07) is 14.0. The molecular formula is C26H35N3O5S. The first kappa shape index (κ1) is 26.7. The van der Waals surface area contributed by atoms with Crippen molar-refractivity contribution in [1.82, 2.24) is 10.2 Å². The van der Waals surface area contributed by atoms with Gasteiger partial charge in [-0.3, -0.25) is 13.9 Å². The maximum atomic E-state index is 12.8. The van der Waals surface area contributed by atoms with Crippen LogP contribution in [0.3, 0.4) is 0 Å². The van der Waals surface area contributed by atoms with E-state index >= 15 is 0 Å². The van der Waals surface area contributed by atoms with Crippen molar-refractivity contribution in [3.63, 3.8) is 0 Å². The molecule has 2 amide bonds. The van der Waals surface area contributed by atoms with Crippen LogP contribution in [0.2, 0.25) is 0 Å². The number of hydrogen-bond acceptors (Lipinski definition) is 5. The first-order chi connectivity index (χ1) is 16.4. The topological polar surface area (TPSA) is 96.0 Å². The van der Waals surface area contributed by atoms with E-state index in [0.29, 0.717) is 37.6 Å². The van der Waals surface area contributed by atoms with Crippen molar-refractivity contribution in [2.75, 3.05) is 43.4 Å². The molecule has 0 bridgehead atoms. The largest absolute Gasteiger partial charge is 0.378 e. The molecule has 1 aliphatic rings. The van der Waals surface area contributed by atoms with E-state index < -0.39 is 15.9 Å². The molecule has 0 aromatic heterocycles. The molecule has 0 radical (unpaired) electrons. The molecule has 1 N–H and O–H groups in total. The molecule has 35 heavy (non-hydrogen) atoms. The average molecular weight is 502 g/mol. The normalized spacial score (nSPS) is 15.4. The number of nitrogens with one attached hydrogen (secondary N) is 1. The van der Waals surface area contributed by atoms with Crippen LogP contribution in [-0.2, 0) is 25.0 Å². The van der Waals surface area contributed by atoms with Crippen molar-refractivity contribution in [2.45, 2.75) is 39.2 Å². The van der Waals surface area contributed by atoms with Crippen LogP contribution in [0.25, 0.3) is 0 Å². The lowest BCUT2D eigenvalue weighted by Gasteiger charge is -2.27. The zero-order valence-corrected chi connectivity index (χ0v) is 21.9. The number of benzene rings is 2. The first-order valence-electron chi connectivity index (χ1n) is 11.7. The Bertz CT molecular complexity index is 1130. The molecule has 1 heterocycles. The molecule has 9 heteroatoms. The highest BCUT2D eigenvalue weighted by Crippen LogP contribution is 2.24. The van der Waals surface area contributed by atoms with Crippen molar-refractivity contribution in [3.05, 3.63) is 65.2 Å². The van der Waals surface area contributed by atoms with Crippen molar-refractivity contribution in [3.8, 4) is 0 Å². The molecule has 1 atom stereocenters. The Balaban J connectivity index is 1.68. The number of hydrogen-bond donors (Lipinski definition) is 1. The third-order valence-corrected chi connectivity index (χ3v) is 7.18. The highest BCUT2D eigenvalue weighted by atomic mass is 32.2. The average Bonchev–Trinajstić information content (AvgIpc) is 2.81. The van der Waals surface area contributed by atoms with Crippen molar-refractivity contribution in [2.24, 2.45) is 0 Å². The Morgan fingerprint density at radius 2 is 1.60 bits per heavy atom. The smallest absolute Gasteiger partial charge is 0.254 e. The Morgan fingerprint density at radius 1 is 1.03 bits per heavy atom. The van der Waals surface area contributed by atoms with Crippen LogP contribution in [0.15, 0.2) is 48.5 Å². The molecule has 1 aliphatic heterocycles. The fourth-order valence-corrected chi connectivity index (χ4v) is 4.75. The van der Waals surface area contributed by atoms with E-state index in [1.165, 1.54) is 5.56 Å².